The number of aryl methyl sites for hydroxylation is 1. The Labute approximate surface area is 147 Å². The smallest absolute Gasteiger partial charge is 0.255 e. The van der Waals surface area contributed by atoms with Gasteiger partial charge < -0.3 is 5.32 Å². The lowest BCUT2D eigenvalue weighted by atomic mass is 10.1. The van der Waals surface area contributed by atoms with Crippen molar-refractivity contribution < 1.29 is 9.18 Å². The molecule has 7 heteroatoms. The molecule has 0 unspecified atom stereocenters. The molecular weight excluding hydrogens is 352 g/mol. The SMILES string of the molecule is Cc1[nH]nc(-c2cccc(F)c2)c1NC(=O)c1ccc(Cl)c(Cl)c1. The van der Waals surface area contributed by atoms with Crippen LogP contribution >= 0.6 is 23.2 Å². The minimum atomic E-state index is -0.380. The summed E-state index contributed by atoms with van der Waals surface area (Å²) in [6.45, 7) is 1.76. The number of amides is 1. The van der Waals surface area contributed by atoms with Crippen LogP contribution in [0.5, 0.6) is 0 Å². The number of anilines is 1. The average molecular weight is 364 g/mol. The van der Waals surface area contributed by atoms with Crippen molar-refractivity contribution in [1.29, 1.82) is 0 Å². The highest BCUT2D eigenvalue weighted by atomic mass is 35.5. The Balaban J connectivity index is 1.94. The standard InChI is InChI=1S/C17H12Cl2FN3O/c1-9-15(16(23-22-9)10-3-2-4-12(20)7-10)21-17(24)11-5-6-13(18)14(19)8-11/h2-8H,1H3,(H,21,24)(H,22,23). The van der Waals surface area contributed by atoms with Crippen LogP contribution in [0.15, 0.2) is 42.5 Å². The van der Waals surface area contributed by atoms with Gasteiger partial charge in [0.2, 0.25) is 0 Å². The maximum Gasteiger partial charge on any atom is 0.255 e. The molecule has 0 bridgehead atoms. The number of aromatic nitrogens is 2. The van der Waals surface area contributed by atoms with E-state index >= 15 is 0 Å². The van der Waals surface area contributed by atoms with Gasteiger partial charge in [0.1, 0.15) is 11.5 Å². The van der Waals surface area contributed by atoms with E-state index in [9.17, 15) is 9.18 Å². The van der Waals surface area contributed by atoms with Gasteiger partial charge in [0.05, 0.1) is 21.4 Å². The minimum Gasteiger partial charge on any atom is -0.319 e. The summed E-state index contributed by atoms with van der Waals surface area (Å²) in [5.41, 5.74) is 2.51. The van der Waals surface area contributed by atoms with E-state index in [2.05, 4.69) is 15.5 Å². The molecule has 122 valence electrons. The highest BCUT2D eigenvalue weighted by Gasteiger charge is 2.17. The highest BCUT2D eigenvalue weighted by Crippen LogP contribution is 2.30. The van der Waals surface area contributed by atoms with Gasteiger partial charge in [-0.3, -0.25) is 9.89 Å². The van der Waals surface area contributed by atoms with Crippen LogP contribution in [-0.4, -0.2) is 16.1 Å². The highest BCUT2D eigenvalue weighted by molar-refractivity contribution is 6.42. The maximum absolute atomic E-state index is 13.4. The molecule has 4 nitrogen and oxygen atoms in total. The van der Waals surface area contributed by atoms with Gasteiger partial charge in [-0.05, 0) is 37.3 Å². The van der Waals surface area contributed by atoms with Crippen molar-refractivity contribution in [2.45, 2.75) is 6.92 Å². The van der Waals surface area contributed by atoms with E-state index in [1.807, 2.05) is 0 Å². The van der Waals surface area contributed by atoms with Gasteiger partial charge in [-0.15, -0.1) is 0 Å². The molecule has 24 heavy (non-hydrogen) atoms. The van der Waals surface area contributed by atoms with Crippen molar-refractivity contribution in [1.82, 2.24) is 10.2 Å². The van der Waals surface area contributed by atoms with E-state index in [0.29, 0.717) is 38.2 Å². The number of rotatable bonds is 3. The van der Waals surface area contributed by atoms with Gasteiger partial charge in [-0.2, -0.15) is 5.10 Å². The average Bonchev–Trinajstić information content (AvgIpc) is 2.91. The van der Waals surface area contributed by atoms with Crippen LogP contribution in [-0.2, 0) is 0 Å². The van der Waals surface area contributed by atoms with E-state index in [0.717, 1.165) is 0 Å². The van der Waals surface area contributed by atoms with Crippen LogP contribution < -0.4 is 5.32 Å². The molecule has 0 saturated carbocycles. The molecule has 2 N–H and O–H groups in total. The Morgan fingerprint density at radius 3 is 2.67 bits per heavy atom. The van der Waals surface area contributed by atoms with Crippen molar-refractivity contribution in [3.63, 3.8) is 0 Å². The Morgan fingerprint density at radius 1 is 1.17 bits per heavy atom. The number of aromatic amines is 1. The van der Waals surface area contributed by atoms with E-state index < -0.39 is 0 Å². The number of hydrogen-bond donors (Lipinski definition) is 2. The number of halogens is 3. The Kier molecular flexibility index (Phi) is 4.55. The molecule has 3 rings (SSSR count). The van der Waals surface area contributed by atoms with Crippen molar-refractivity contribution in [3.05, 3.63) is 69.6 Å². The van der Waals surface area contributed by atoms with Crippen LogP contribution in [0.3, 0.4) is 0 Å². The summed E-state index contributed by atoms with van der Waals surface area (Å²) in [5.74, 6) is -0.745. The van der Waals surface area contributed by atoms with Crippen LogP contribution in [0, 0.1) is 12.7 Å². The third-order valence-electron chi connectivity index (χ3n) is 3.47. The molecule has 2 aromatic carbocycles. The fourth-order valence-electron chi connectivity index (χ4n) is 2.25. The van der Waals surface area contributed by atoms with Crippen molar-refractivity contribution >= 4 is 34.8 Å². The van der Waals surface area contributed by atoms with E-state index in [-0.39, 0.29) is 11.7 Å². The summed E-state index contributed by atoms with van der Waals surface area (Å²) in [4.78, 5) is 12.4. The predicted octanol–water partition coefficient (Wildman–Crippen LogP) is 5.08. The van der Waals surface area contributed by atoms with Gasteiger partial charge in [0.15, 0.2) is 0 Å². The lowest BCUT2D eigenvalue weighted by molar-refractivity contribution is 0.102. The molecule has 3 aromatic rings. The van der Waals surface area contributed by atoms with Crippen molar-refractivity contribution in [3.8, 4) is 11.3 Å². The summed E-state index contributed by atoms with van der Waals surface area (Å²) in [6, 6.07) is 10.6. The molecule has 1 amide bonds. The zero-order valence-corrected chi connectivity index (χ0v) is 14.0. The molecule has 0 aliphatic carbocycles. The first-order valence-corrected chi connectivity index (χ1v) is 7.78. The van der Waals surface area contributed by atoms with Gasteiger partial charge in [-0.1, -0.05) is 35.3 Å². The predicted molar refractivity (Wildman–Crippen MR) is 93.1 cm³/mol. The zero-order valence-electron chi connectivity index (χ0n) is 12.5. The summed E-state index contributed by atoms with van der Waals surface area (Å²) in [5, 5.41) is 10.4. The number of H-pyrrole nitrogens is 1. The molecule has 0 fully saturated rings. The molecule has 0 spiro atoms. The van der Waals surface area contributed by atoms with Crippen molar-refractivity contribution in [2.24, 2.45) is 0 Å². The monoisotopic (exact) mass is 363 g/mol. The largest absolute Gasteiger partial charge is 0.319 e. The summed E-state index contributed by atoms with van der Waals surface area (Å²) in [7, 11) is 0. The van der Waals surface area contributed by atoms with Gasteiger partial charge >= 0.3 is 0 Å². The Morgan fingerprint density at radius 2 is 1.96 bits per heavy atom. The quantitative estimate of drug-likeness (QED) is 0.681. The lowest BCUT2D eigenvalue weighted by Gasteiger charge is -2.08. The number of benzene rings is 2. The molecule has 1 aromatic heterocycles. The molecule has 0 atom stereocenters. The molecule has 0 radical (unpaired) electrons. The fraction of sp³-hybridized carbons (Fsp3) is 0.0588. The van der Waals surface area contributed by atoms with Crippen molar-refractivity contribution in [2.75, 3.05) is 5.32 Å². The summed E-state index contributed by atoms with van der Waals surface area (Å²) in [6.07, 6.45) is 0. The third-order valence-corrected chi connectivity index (χ3v) is 4.20. The maximum atomic E-state index is 13.4. The summed E-state index contributed by atoms with van der Waals surface area (Å²) >= 11 is 11.8. The normalized spacial score (nSPS) is 10.7. The van der Waals surface area contributed by atoms with Crippen LogP contribution in [0.2, 0.25) is 10.0 Å². The van der Waals surface area contributed by atoms with Crippen LogP contribution in [0.1, 0.15) is 16.1 Å². The van der Waals surface area contributed by atoms with E-state index in [1.54, 1.807) is 31.2 Å². The molecule has 0 aliphatic heterocycles. The Hall–Kier alpha value is -2.37. The Bertz CT molecular complexity index is 924. The number of carbonyl (C=O) groups is 1. The van der Waals surface area contributed by atoms with E-state index in [1.165, 1.54) is 18.2 Å². The molecular formula is C17H12Cl2FN3O. The molecule has 1 heterocycles. The van der Waals surface area contributed by atoms with Gasteiger partial charge in [0, 0.05) is 11.1 Å². The number of carbonyl (C=O) groups excluding carboxylic acids is 1. The number of nitrogens with one attached hydrogen (secondary N) is 2. The van der Waals surface area contributed by atoms with Crippen LogP contribution in [0.25, 0.3) is 11.3 Å². The van der Waals surface area contributed by atoms with Gasteiger partial charge in [0.25, 0.3) is 5.91 Å². The second kappa shape index (κ2) is 6.63. The minimum absolute atomic E-state index is 0.290. The second-order valence-electron chi connectivity index (χ2n) is 5.17. The van der Waals surface area contributed by atoms with Gasteiger partial charge in [-0.25, -0.2) is 4.39 Å². The second-order valence-corrected chi connectivity index (χ2v) is 5.98. The first kappa shape index (κ1) is 16.5. The molecule has 0 saturated heterocycles. The topological polar surface area (TPSA) is 57.8 Å². The summed E-state index contributed by atoms with van der Waals surface area (Å²) < 4.78 is 13.4. The lowest BCUT2D eigenvalue weighted by Crippen LogP contribution is -2.12. The van der Waals surface area contributed by atoms with E-state index in [4.69, 9.17) is 23.2 Å². The number of hydrogen-bond acceptors (Lipinski definition) is 2. The van der Waals surface area contributed by atoms with Crippen LogP contribution in [0.4, 0.5) is 10.1 Å². The first-order valence-electron chi connectivity index (χ1n) is 7.03. The first-order chi connectivity index (χ1) is 11.5. The third kappa shape index (κ3) is 3.27. The fourth-order valence-corrected chi connectivity index (χ4v) is 2.55. The zero-order chi connectivity index (χ0) is 17.3. The number of nitrogens with zero attached hydrogens (tertiary/aromatic N) is 1. The molecule has 0 aliphatic rings.